The maximum absolute atomic E-state index is 6.11. The Hall–Kier alpha value is -0.740. The van der Waals surface area contributed by atoms with Crippen LogP contribution in [0.4, 0.5) is 0 Å². The van der Waals surface area contributed by atoms with Crippen LogP contribution in [0, 0.1) is 0 Å². The van der Waals surface area contributed by atoms with E-state index in [4.69, 9.17) is 28.0 Å². The van der Waals surface area contributed by atoms with E-state index in [-0.39, 0.29) is 0 Å². The summed E-state index contributed by atoms with van der Waals surface area (Å²) in [6.45, 7) is 1.98. The van der Waals surface area contributed by atoms with Crippen molar-refractivity contribution in [3.8, 4) is 0 Å². The summed E-state index contributed by atoms with van der Waals surface area (Å²) >= 11 is 12.1. The Balaban J connectivity index is 2.26. The van der Waals surface area contributed by atoms with E-state index < -0.39 is 0 Å². The van der Waals surface area contributed by atoms with Crippen LogP contribution in [0.1, 0.15) is 17.9 Å². The first-order valence-corrected chi connectivity index (χ1v) is 6.98. The van der Waals surface area contributed by atoms with Crippen molar-refractivity contribution >= 4 is 23.2 Å². The molecule has 1 aliphatic rings. The number of halogens is 2. The van der Waals surface area contributed by atoms with Crippen LogP contribution in [-0.4, -0.2) is 32.1 Å². The second kappa shape index (κ2) is 6.62. The fourth-order valence-electron chi connectivity index (χ4n) is 2.43. The van der Waals surface area contributed by atoms with E-state index in [9.17, 15) is 0 Å². The molecule has 2 rings (SSSR count). The molecular formula is C14H18Cl2N2O. The third-order valence-electron chi connectivity index (χ3n) is 3.41. The van der Waals surface area contributed by atoms with Gasteiger partial charge in [0.1, 0.15) is 0 Å². The Bertz CT molecular complexity index is 477. The smallest absolute Gasteiger partial charge is 0.0636 e. The Morgan fingerprint density at radius 1 is 1.37 bits per heavy atom. The highest BCUT2D eigenvalue weighted by molar-refractivity contribution is 6.42. The lowest BCUT2D eigenvalue weighted by atomic mass is 9.86. The number of benzene rings is 1. The lowest BCUT2D eigenvalue weighted by molar-refractivity contribution is 0.126. The molecule has 1 aromatic carbocycles. The summed E-state index contributed by atoms with van der Waals surface area (Å²) in [5.41, 5.74) is 5.30. The molecule has 19 heavy (non-hydrogen) atoms. The molecule has 1 N–H and O–H groups in total. The van der Waals surface area contributed by atoms with Crippen LogP contribution in [0.2, 0.25) is 10.0 Å². The monoisotopic (exact) mass is 300 g/mol. The van der Waals surface area contributed by atoms with Crippen molar-refractivity contribution in [3.63, 3.8) is 0 Å². The fraction of sp³-hybridized carbons (Fsp3) is 0.429. The number of nitrogens with zero attached hydrogens (tertiary/aromatic N) is 1. The van der Waals surface area contributed by atoms with E-state index in [1.165, 1.54) is 11.1 Å². The van der Waals surface area contributed by atoms with Crippen molar-refractivity contribution in [2.75, 3.05) is 27.2 Å². The van der Waals surface area contributed by atoms with Crippen molar-refractivity contribution < 1.29 is 4.84 Å². The number of hydrogen-bond donors (Lipinski definition) is 1. The molecule has 1 unspecified atom stereocenters. The van der Waals surface area contributed by atoms with Gasteiger partial charge in [0.05, 0.1) is 17.2 Å². The van der Waals surface area contributed by atoms with Gasteiger partial charge in [-0.1, -0.05) is 29.3 Å². The lowest BCUT2D eigenvalue weighted by Crippen LogP contribution is -2.32. The topological polar surface area (TPSA) is 24.5 Å². The molecule has 0 spiro atoms. The summed E-state index contributed by atoms with van der Waals surface area (Å²) in [4.78, 5) is 7.20. The average Bonchev–Trinajstić information content (AvgIpc) is 2.40. The van der Waals surface area contributed by atoms with Gasteiger partial charge in [-0.3, -0.25) is 10.3 Å². The molecule has 1 aromatic rings. The number of rotatable bonds is 3. The summed E-state index contributed by atoms with van der Waals surface area (Å²) in [5.74, 6) is 0.355. The summed E-state index contributed by atoms with van der Waals surface area (Å²) in [6, 6.07) is 5.87. The van der Waals surface area contributed by atoms with Crippen molar-refractivity contribution in [1.29, 1.82) is 0 Å². The highest BCUT2D eigenvalue weighted by atomic mass is 35.5. The minimum Gasteiger partial charge on any atom is -0.302 e. The van der Waals surface area contributed by atoms with E-state index in [0.29, 0.717) is 16.0 Å². The Morgan fingerprint density at radius 2 is 2.16 bits per heavy atom. The Morgan fingerprint density at radius 3 is 2.84 bits per heavy atom. The minimum absolute atomic E-state index is 0.355. The van der Waals surface area contributed by atoms with Crippen LogP contribution in [0.15, 0.2) is 30.0 Å². The van der Waals surface area contributed by atoms with Gasteiger partial charge in [0.2, 0.25) is 0 Å². The lowest BCUT2D eigenvalue weighted by Gasteiger charge is -2.32. The van der Waals surface area contributed by atoms with Gasteiger partial charge in [0, 0.05) is 18.7 Å². The van der Waals surface area contributed by atoms with Gasteiger partial charge in [-0.05, 0) is 43.3 Å². The molecule has 0 amide bonds. The number of hydroxylamine groups is 1. The number of nitrogens with one attached hydrogen (secondary N) is 1. The first kappa shape index (κ1) is 14.7. The van der Waals surface area contributed by atoms with Crippen molar-refractivity contribution in [1.82, 2.24) is 10.4 Å². The van der Waals surface area contributed by atoms with Crippen molar-refractivity contribution in [3.05, 3.63) is 45.6 Å². The van der Waals surface area contributed by atoms with Crippen LogP contribution in [-0.2, 0) is 4.84 Å². The normalized spacial score (nSPS) is 22.7. The zero-order valence-corrected chi connectivity index (χ0v) is 12.6. The van der Waals surface area contributed by atoms with E-state index >= 15 is 0 Å². The van der Waals surface area contributed by atoms with Gasteiger partial charge in [-0.25, -0.2) is 0 Å². The molecular weight excluding hydrogens is 283 g/mol. The molecule has 1 atom stereocenters. The van der Waals surface area contributed by atoms with E-state index in [1.54, 1.807) is 7.11 Å². The first-order valence-electron chi connectivity index (χ1n) is 6.22. The van der Waals surface area contributed by atoms with Crippen LogP contribution >= 0.6 is 23.2 Å². The third-order valence-corrected chi connectivity index (χ3v) is 4.15. The SMILES string of the molecule is CONC=C1CN(C)CCC1c1ccc(Cl)c(Cl)c1. The summed E-state index contributed by atoms with van der Waals surface area (Å²) in [5, 5.41) is 1.20. The molecule has 0 aliphatic carbocycles. The molecule has 0 bridgehead atoms. The minimum atomic E-state index is 0.355. The third kappa shape index (κ3) is 3.63. The molecule has 104 valence electrons. The quantitative estimate of drug-likeness (QED) is 0.866. The zero-order valence-electron chi connectivity index (χ0n) is 11.1. The number of hydrogen-bond acceptors (Lipinski definition) is 3. The molecule has 0 radical (unpaired) electrons. The zero-order chi connectivity index (χ0) is 13.8. The van der Waals surface area contributed by atoms with E-state index in [0.717, 1.165) is 19.5 Å². The van der Waals surface area contributed by atoms with Gasteiger partial charge in [-0.15, -0.1) is 0 Å². The molecule has 1 saturated heterocycles. The van der Waals surface area contributed by atoms with Gasteiger partial charge >= 0.3 is 0 Å². The van der Waals surface area contributed by atoms with E-state index in [1.807, 2.05) is 24.4 Å². The Kier molecular flexibility index (Phi) is 5.11. The van der Waals surface area contributed by atoms with Crippen LogP contribution < -0.4 is 5.48 Å². The van der Waals surface area contributed by atoms with Gasteiger partial charge in [0.25, 0.3) is 0 Å². The second-order valence-corrected chi connectivity index (χ2v) is 5.61. The number of piperidine rings is 1. The second-order valence-electron chi connectivity index (χ2n) is 4.79. The predicted molar refractivity (Wildman–Crippen MR) is 79.5 cm³/mol. The maximum Gasteiger partial charge on any atom is 0.0636 e. The Labute approximate surface area is 124 Å². The highest BCUT2D eigenvalue weighted by Gasteiger charge is 2.23. The van der Waals surface area contributed by atoms with Gasteiger partial charge in [0.15, 0.2) is 0 Å². The number of likely N-dealkylation sites (tertiary alicyclic amines) is 1. The van der Waals surface area contributed by atoms with Crippen molar-refractivity contribution in [2.24, 2.45) is 0 Å². The average molecular weight is 301 g/mol. The molecule has 1 heterocycles. The first-order chi connectivity index (χ1) is 9.11. The molecule has 3 nitrogen and oxygen atoms in total. The highest BCUT2D eigenvalue weighted by Crippen LogP contribution is 2.34. The predicted octanol–water partition coefficient (Wildman–Crippen LogP) is 3.45. The molecule has 1 aliphatic heterocycles. The van der Waals surface area contributed by atoms with Crippen LogP contribution in [0.5, 0.6) is 0 Å². The fourth-order valence-corrected chi connectivity index (χ4v) is 2.73. The number of likely N-dealkylation sites (N-methyl/N-ethyl adjacent to an activating group) is 1. The standard InChI is InChI=1S/C14H18Cl2N2O/c1-18-6-5-12(11(9-18)8-17-19-2)10-3-4-13(15)14(16)7-10/h3-4,7-8,12,17H,5-6,9H2,1-2H3. The largest absolute Gasteiger partial charge is 0.302 e. The van der Waals surface area contributed by atoms with Crippen LogP contribution in [0.25, 0.3) is 0 Å². The summed E-state index contributed by atoms with van der Waals surface area (Å²) in [7, 11) is 3.73. The van der Waals surface area contributed by atoms with Crippen LogP contribution in [0.3, 0.4) is 0 Å². The molecule has 0 saturated carbocycles. The van der Waals surface area contributed by atoms with Gasteiger partial charge in [-0.2, -0.15) is 0 Å². The molecule has 1 fully saturated rings. The van der Waals surface area contributed by atoms with Crippen molar-refractivity contribution in [2.45, 2.75) is 12.3 Å². The van der Waals surface area contributed by atoms with E-state index in [2.05, 4.69) is 17.4 Å². The summed E-state index contributed by atoms with van der Waals surface area (Å²) in [6.07, 6.45) is 2.99. The molecule has 5 heteroatoms. The maximum atomic E-state index is 6.11. The summed E-state index contributed by atoms with van der Waals surface area (Å²) < 4.78 is 0. The van der Waals surface area contributed by atoms with Gasteiger partial charge < -0.3 is 4.90 Å². The molecule has 0 aromatic heterocycles.